The van der Waals surface area contributed by atoms with Crippen molar-refractivity contribution in [1.29, 1.82) is 0 Å². The van der Waals surface area contributed by atoms with E-state index in [-0.39, 0.29) is 6.04 Å². The highest BCUT2D eigenvalue weighted by atomic mass is 35.5. The molecule has 1 aliphatic heterocycles. The van der Waals surface area contributed by atoms with Gasteiger partial charge in [0.15, 0.2) is 23.0 Å². The van der Waals surface area contributed by atoms with Crippen molar-refractivity contribution in [3.63, 3.8) is 0 Å². The van der Waals surface area contributed by atoms with Crippen LogP contribution in [-0.2, 0) is 13.0 Å². The minimum Gasteiger partial charge on any atom is -0.493 e. The van der Waals surface area contributed by atoms with E-state index in [0.29, 0.717) is 23.8 Å². The molecule has 1 atom stereocenters. The lowest BCUT2D eigenvalue weighted by Crippen LogP contribution is -2.45. The van der Waals surface area contributed by atoms with Crippen LogP contribution in [0.4, 0.5) is 0 Å². The molecule has 1 fully saturated rings. The quantitative estimate of drug-likeness (QED) is 0.281. The molecule has 1 unspecified atom stereocenters. The third-order valence-electron chi connectivity index (χ3n) is 7.83. The third kappa shape index (κ3) is 5.44. The number of fused-ring (bicyclic) bond motifs is 1. The molecule has 8 nitrogen and oxygen atoms in total. The van der Waals surface area contributed by atoms with Crippen molar-refractivity contribution in [2.24, 2.45) is 0 Å². The molecule has 1 aromatic heterocycles. The summed E-state index contributed by atoms with van der Waals surface area (Å²) in [5.41, 5.74) is 5.42. The van der Waals surface area contributed by atoms with E-state index in [1.54, 1.807) is 28.4 Å². The largest absolute Gasteiger partial charge is 0.493 e. The van der Waals surface area contributed by atoms with Crippen LogP contribution in [0.1, 0.15) is 28.3 Å². The normalized spacial score (nSPS) is 14.8. The van der Waals surface area contributed by atoms with Gasteiger partial charge in [-0.05, 0) is 48.2 Å². The van der Waals surface area contributed by atoms with Crippen molar-refractivity contribution < 1.29 is 18.9 Å². The zero-order valence-electron chi connectivity index (χ0n) is 23.8. The number of hydrogen-bond acceptors (Lipinski definition) is 7. The van der Waals surface area contributed by atoms with E-state index in [9.17, 15) is 0 Å². The highest BCUT2D eigenvalue weighted by Gasteiger charge is 2.31. The topological polar surface area (TPSA) is 70.0 Å². The standard InChI is InChI=1S/C31H37ClN4O4/c1-20-22(7-6-8-24(20)32)16-26(35-13-11-33-12-14-35)30-23-18-34-36(25(23)17-29(39-4)31(30)40-5)19-21-9-10-27(37-2)28(15-21)38-3/h6-10,15,17-18,26,33H,11-14,16,19H2,1-5H3. The summed E-state index contributed by atoms with van der Waals surface area (Å²) in [6, 6.07) is 14.1. The molecule has 3 aromatic carbocycles. The highest BCUT2D eigenvalue weighted by Crippen LogP contribution is 2.44. The van der Waals surface area contributed by atoms with Crippen molar-refractivity contribution >= 4 is 22.5 Å². The predicted molar refractivity (Wildman–Crippen MR) is 159 cm³/mol. The van der Waals surface area contributed by atoms with Gasteiger partial charge in [-0.1, -0.05) is 29.8 Å². The maximum absolute atomic E-state index is 6.55. The van der Waals surface area contributed by atoms with Crippen LogP contribution in [0.15, 0.2) is 48.7 Å². The van der Waals surface area contributed by atoms with E-state index in [2.05, 4.69) is 23.2 Å². The molecule has 4 aromatic rings. The highest BCUT2D eigenvalue weighted by molar-refractivity contribution is 6.31. The molecular formula is C31H37ClN4O4. The zero-order chi connectivity index (χ0) is 28.2. The van der Waals surface area contributed by atoms with Crippen molar-refractivity contribution in [3.05, 3.63) is 75.9 Å². The minimum absolute atomic E-state index is 0.0329. The lowest BCUT2D eigenvalue weighted by molar-refractivity contribution is 0.170. The lowest BCUT2D eigenvalue weighted by Gasteiger charge is -2.36. The Balaban J connectivity index is 1.65. The third-order valence-corrected chi connectivity index (χ3v) is 8.24. The number of nitrogens with one attached hydrogen (secondary N) is 1. The minimum atomic E-state index is 0.0329. The van der Waals surface area contributed by atoms with E-state index in [0.717, 1.165) is 71.0 Å². The van der Waals surface area contributed by atoms with Gasteiger partial charge >= 0.3 is 0 Å². The number of ether oxygens (including phenoxy) is 4. The Hall–Kier alpha value is -3.46. The Morgan fingerprint density at radius 1 is 0.925 bits per heavy atom. The first kappa shape index (κ1) is 28.1. The van der Waals surface area contributed by atoms with E-state index >= 15 is 0 Å². The smallest absolute Gasteiger partial charge is 0.166 e. The van der Waals surface area contributed by atoms with Crippen molar-refractivity contribution in [1.82, 2.24) is 20.0 Å². The van der Waals surface area contributed by atoms with Crippen LogP contribution in [0.5, 0.6) is 23.0 Å². The summed E-state index contributed by atoms with van der Waals surface area (Å²) in [5, 5.41) is 10.2. The summed E-state index contributed by atoms with van der Waals surface area (Å²) >= 11 is 6.55. The Morgan fingerprint density at radius 2 is 1.68 bits per heavy atom. The maximum Gasteiger partial charge on any atom is 0.166 e. The number of benzene rings is 3. The molecule has 40 heavy (non-hydrogen) atoms. The molecule has 0 bridgehead atoms. The van der Waals surface area contributed by atoms with E-state index < -0.39 is 0 Å². The van der Waals surface area contributed by atoms with Gasteiger partial charge < -0.3 is 24.3 Å². The van der Waals surface area contributed by atoms with Gasteiger partial charge in [-0.3, -0.25) is 9.58 Å². The summed E-state index contributed by atoms with van der Waals surface area (Å²) in [6.45, 7) is 6.35. The maximum atomic E-state index is 6.55. The summed E-state index contributed by atoms with van der Waals surface area (Å²) in [6.07, 6.45) is 2.74. The molecule has 2 heterocycles. The van der Waals surface area contributed by atoms with Gasteiger partial charge in [0.05, 0.1) is 46.7 Å². The first-order chi connectivity index (χ1) is 19.5. The molecule has 0 amide bonds. The van der Waals surface area contributed by atoms with Crippen molar-refractivity contribution in [2.45, 2.75) is 25.9 Å². The van der Waals surface area contributed by atoms with Crippen LogP contribution in [0.25, 0.3) is 10.9 Å². The van der Waals surface area contributed by atoms with Gasteiger partial charge in [-0.15, -0.1) is 0 Å². The fraction of sp³-hybridized carbons (Fsp3) is 0.387. The number of piperazine rings is 1. The number of aromatic nitrogens is 2. The van der Waals surface area contributed by atoms with E-state index in [4.69, 9.17) is 35.6 Å². The van der Waals surface area contributed by atoms with Crippen LogP contribution in [0.2, 0.25) is 5.02 Å². The Bertz CT molecular complexity index is 1480. The molecular weight excluding hydrogens is 528 g/mol. The van der Waals surface area contributed by atoms with Crippen LogP contribution >= 0.6 is 11.6 Å². The van der Waals surface area contributed by atoms with Crippen molar-refractivity contribution in [2.75, 3.05) is 54.6 Å². The molecule has 0 aliphatic carbocycles. The van der Waals surface area contributed by atoms with Gasteiger partial charge in [0.2, 0.25) is 0 Å². The Morgan fingerprint density at radius 3 is 2.38 bits per heavy atom. The summed E-state index contributed by atoms with van der Waals surface area (Å²) in [5.74, 6) is 2.80. The van der Waals surface area contributed by atoms with E-state index in [1.807, 2.05) is 47.3 Å². The number of nitrogens with zero attached hydrogens (tertiary/aromatic N) is 3. The first-order valence-electron chi connectivity index (χ1n) is 13.5. The Labute approximate surface area is 240 Å². The monoisotopic (exact) mass is 564 g/mol. The van der Waals surface area contributed by atoms with Gasteiger partial charge in [-0.25, -0.2) is 0 Å². The second kappa shape index (κ2) is 12.4. The molecule has 1 saturated heterocycles. The van der Waals surface area contributed by atoms with Crippen LogP contribution < -0.4 is 24.3 Å². The number of halogens is 1. The second-order valence-corrected chi connectivity index (χ2v) is 10.4. The van der Waals surface area contributed by atoms with Gasteiger partial charge in [0, 0.05) is 54.3 Å². The van der Waals surface area contributed by atoms with Crippen molar-refractivity contribution in [3.8, 4) is 23.0 Å². The second-order valence-electron chi connectivity index (χ2n) is 9.98. The number of methoxy groups -OCH3 is 4. The molecule has 212 valence electrons. The summed E-state index contributed by atoms with van der Waals surface area (Å²) in [4.78, 5) is 2.53. The van der Waals surface area contributed by atoms with Crippen LogP contribution in [-0.4, -0.2) is 69.3 Å². The van der Waals surface area contributed by atoms with Gasteiger partial charge in [-0.2, -0.15) is 5.10 Å². The Kier molecular flexibility index (Phi) is 8.69. The molecule has 0 spiro atoms. The molecule has 0 radical (unpaired) electrons. The first-order valence-corrected chi connectivity index (χ1v) is 13.9. The predicted octanol–water partition coefficient (Wildman–Crippen LogP) is 5.27. The summed E-state index contributed by atoms with van der Waals surface area (Å²) < 4.78 is 24.9. The van der Waals surface area contributed by atoms with Crippen LogP contribution in [0, 0.1) is 6.92 Å². The molecule has 9 heteroatoms. The number of hydrogen-bond donors (Lipinski definition) is 1. The van der Waals surface area contributed by atoms with Gasteiger partial charge in [0.1, 0.15) is 0 Å². The molecule has 1 N–H and O–H groups in total. The molecule has 5 rings (SSSR count). The van der Waals surface area contributed by atoms with Gasteiger partial charge in [0.25, 0.3) is 0 Å². The van der Waals surface area contributed by atoms with Crippen LogP contribution in [0.3, 0.4) is 0 Å². The number of rotatable bonds is 10. The average Bonchev–Trinajstić information content (AvgIpc) is 3.39. The SMILES string of the molecule is COc1ccc(Cn2ncc3c(C(Cc4cccc(Cl)c4C)N4CCNCC4)c(OC)c(OC)cc32)cc1OC. The lowest BCUT2D eigenvalue weighted by atomic mass is 9.91. The molecule has 1 aliphatic rings. The van der Waals surface area contributed by atoms with E-state index in [1.165, 1.54) is 5.56 Å². The molecule has 0 saturated carbocycles. The fourth-order valence-electron chi connectivity index (χ4n) is 5.66. The summed E-state index contributed by atoms with van der Waals surface area (Å²) in [7, 11) is 6.68. The zero-order valence-corrected chi connectivity index (χ0v) is 24.5. The fourth-order valence-corrected chi connectivity index (χ4v) is 5.85. The average molecular weight is 565 g/mol.